The number of hydrazone groups is 1. The predicted octanol–water partition coefficient (Wildman–Crippen LogP) is 3.44. The predicted molar refractivity (Wildman–Crippen MR) is 105 cm³/mol. The molecule has 0 unspecified atom stereocenters. The molecule has 27 heavy (non-hydrogen) atoms. The molecule has 1 N–H and O–H groups in total. The number of nitrogens with zero attached hydrogens (tertiary/aromatic N) is 2. The maximum atomic E-state index is 12.9. The minimum absolute atomic E-state index is 0.0843. The molecule has 0 radical (unpaired) electrons. The third-order valence-electron chi connectivity index (χ3n) is 3.47. The Morgan fingerprint density at radius 2 is 1.81 bits per heavy atom. The molecule has 10 heteroatoms. The molecule has 1 amide bonds. The Labute approximate surface area is 166 Å². The molecule has 0 bridgehead atoms. The first-order valence-corrected chi connectivity index (χ1v) is 10.2. The quantitative estimate of drug-likeness (QED) is 0.561. The van der Waals surface area contributed by atoms with E-state index in [9.17, 15) is 17.6 Å². The molecule has 0 spiro atoms. The summed E-state index contributed by atoms with van der Waals surface area (Å²) in [5, 5.41) is 4.31. The number of carbonyl (C=O) groups is 1. The van der Waals surface area contributed by atoms with Gasteiger partial charge in [-0.05, 0) is 42.8 Å². The van der Waals surface area contributed by atoms with Crippen LogP contribution in [0.15, 0.2) is 47.6 Å². The van der Waals surface area contributed by atoms with Crippen molar-refractivity contribution < 1.29 is 17.6 Å². The summed E-state index contributed by atoms with van der Waals surface area (Å²) in [6.07, 6.45) is 0.949. The molecule has 0 atom stereocenters. The number of amides is 1. The average Bonchev–Trinajstić information content (AvgIpc) is 2.59. The van der Waals surface area contributed by atoms with E-state index in [1.165, 1.54) is 42.5 Å². The smallest absolute Gasteiger partial charge is 0.260 e. The molecule has 0 fully saturated rings. The minimum Gasteiger partial charge on any atom is -0.271 e. The summed E-state index contributed by atoms with van der Waals surface area (Å²) < 4.78 is 38.0. The van der Waals surface area contributed by atoms with Crippen molar-refractivity contribution in [2.45, 2.75) is 6.92 Å². The van der Waals surface area contributed by atoms with Crippen LogP contribution in [0.1, 0.15) is 12.5 Å². The number of carbonyl (C=O) groups excluding carboxylic acids is 1. The van der Waals surface area contributed by atoms with Gasteiger partial charge in [0.25, 0.3) is 5.91 Å². The Balaban J connectivity index is 2.18. The largest absolute Gasteiger partial charge is 0.271 e. The van der Waals surface area contributed by atoms with Crippen LogP contribution in [0.3, 0.4) is 0 Å². The minimum atomic E-state index is -3.81. The van der Waals surface area contributed by atoms with Gasteiger partial charge < -0.3 is 0 Å². The number of nitrogens with one attached hydrogen (secondary N) is 1. The SMILES string of the molecule is C/C(=N/NC(=O)CN(c1cc(Cl)ccc1Cl)S(C)(=O)=O)c1ccc(F)cc1. The number of anilines is 1. The first-order valence-electron chi connectivity index (χ1n) is 7.60. The number of sulfonamides is 1. The molecule has 2 rings (SSSR count). The highest BCUT2D eigenvalue weighted by Gasteiger charge is 2.23. The lowest BCUT2D eigenvalue weighted by Crippen LogP contribution is -2.39. The zero-order chi connectivity index (χ0) is 20.2. The van der Waals surface area contributed by atoms with Crippen molar-refractivity contribution in [3.8, 4) is 0 Å². The monoisotopic (exact) mass is 431 g/mol. The Morgan fingerprint density at radius 3 is 2.41 bits per heavy atom. The van der Waals surface area contributed by atoms with E-state index in [1.54, 1.807) is 6.92 Å². The van der Waals surface area contributed by atoms with Gasteiger partial charge in [0, 0.05) is 5.02 Å². The Hall–Kier alpha value is -2.16. The van der Waals surface area contributed by atoms with Gasteiger partial charge in [0.1, 0.15) is 12.4 Å². The van der Waals surface area contributed by atoms with Crippen LogP contribution in [0.2, 0.25) is 10.0 Å². The normalized spacial score (nSPS) is 12.0. The highest BCUT2D eigenvalue weighted by molar-refractivity contribution is 7.92. The maximum absolute atomic E-state index is 12.9. The number of benzene rings is 2. The van der Waals surface area contributed by atoms with Crippen LogP contribution in [0.4, 0.5) is 10.1 Å². The fourth-order valence-electron chi connectivity index (χ4n) is 2.13. The second kappa shape index (κ2) is 8.69. The van der Waals surface area contributed by atoms with Crippen LogP contribution in [-0.2, 0) is 14.8 Å². The molecule has 0 saturated carbocycles. The highest BCUT2D eigenvalue weighted by atomic mass is 35.5. The molecule has 6 nitrogen and oxygen atoms in total. The summed E-state index contributed by atoms with van der Waals surface area (Å²) in [6.45, 7) is 1.08. The zero-order valence-corrected chi connectivity index (χ0v) is 16.7. The summed E-state index contributed by atoms with van der Waals surface area (Å²) in [6, 6.07) is 9.84. The van der Waals surface area contributed by atoms with Gasteiger partial charge in [0.15, 0.2) is 0 Å². The van der Waals surface area contributed by atoms with E-state index in [1.807, 2.05) is 0 Å². The van der Waals surface area contributed by atoms with Gasteiger partial charge in [-0.2, -0.15) is 5.10 Å². The number of rotatable bonds is 6. The van der Waals surface area contributed by atoms with E-state index in [0.29, 0.717) is 11.3 Å². The van der Waals surface area contributed by atoms with Crippen molar-refractivity contribution in [3.05, 3.63) is 63.9 Å². The van der Waals surface area contributed by atoms with Gasteiger partial charge in [-0.25, -0.2) is 18.2 Å². The molecule has 0 aliphatic heterocycles. The molecule has 0 saturated heterocycles. The number of halogens is 3. The van der Waals surface area contributed by atoms with Crippen LogP contribution in [0.5, 0.6) is 0 Å². The lowest BCUT2D eigenvalue weighted by atomic mass is 10.1. The van der Waals surface area contributed by atoms with E-state index >= 15 is 0 Å². The molecular weight excluding hydrogens is 416 g/mol. The van der Waals surface area contributed by atoms with Crippen LogP contribution < -0.4 is 9.73 Å². The highest BCUT2D eigenvalue weighted by Crippen LogP contribution is 2.30. The van der Waals surface area contributed by atoms with Crippen LogP contribution in [0.25, 0.3) is 0 Å². The summed E-state index contributed by atoms with van der Waals surface area (Å²) in [5.74, 6) is -1.07. The maximum Gasteiger partial charge on any atom is 0.260 e. The van der Waals surface area contributed by atoms with Gasteiger partial charge in [0.2, 0.25) is 10.0 Å². The molecule has 2 aromatic carbocycles. The molecule has 0 aliphatic carbocycles. The first kappa shape index (κ1) is 21.1. The number of hydrogen-bond donors (Lipinski definition) is 1. The molecule has 0 aromatic heterocycles. The van der Waals surface area contributed by atoms with Crippen LogP contribution in [-0.4, -0.2) is 32.8 Å². The fourth-order valence-corrected chi connectivity index (χ4v) is 3.42. The van der Waals surface area contributed by atoms with Crippen LogP contribution >= 0.6 is 23.2 Å². The fraction of sp³-hybridized carbons (Fsp3) is 0.176. The van der Waals surface area contributed by atoms with E-state index in [4.69, 9.17) is 23.2 Å². The molecular formula is C17H16Cl2FN3O3S. The second-order valence-electron chi connectivity index (χ2n) is 5.60. The summed E-state index contributed by atoms with van der Waals surface area (Å²) in [4.78, 5) is 12.2. The Bertz CT molecular complexity index is 979. The Morgan fingerprint density at radius 1 is 1.19 bits per heavy atom. The van der Waals surface area contributed by atoms with E-state index in [-0.39, 0.29) is 15.7 Å². The summed E-state index contributed by atoms with van der Waals surface area (Å²) in [5.41, 5.74) is 3.39. The lowest BCUT2D eigenvalue weighted by molar-refractivity contribution is -0.119. The van der Waals surface area contributed by atoms with Gasteiger partial charge >= 0.3 is 0 Å². The third kappa shape index (κ3) is 5.92. The van der Waals surface area contributed by atoms with E-state index < -0.39 is 28.3 Å². The van der Waals surface area contributed by atoms with Crippen molar-refractivity contribution in [1.29, 1.82) is 0 Å². The second-order valence-corrected chi connectivity index (χ2v) is 8.35. The first-order chi connectivity index (χ1) is 12.6. The molecule has 0 heterocycles. The third-order valence-corrected chi connectivity index (χ3v) is 5.16. The summed E-state index contributed by atoms with van der Waals surface area (Å²) in [7, 11) is -3.81. The number of hydrogen-bond acceptors (Lipinski definition) is 4. The van der Waals surface area contributed by atoms with Gasteiger partial charge in [-0.15, -0.1) is 0 Å². The van der Waals surface area contributed by atoms with Crippen molar-refractivity contribution in [2.24, 2.45) is 5.10 Å². The van der Waals surface area contributed by atoms with Crippen molar-refractivity contribution in [1.82, 2.24) is 5.43 Å². The Kier molecular flexibility index (Phi) is 6.80. The van der Waals surface area contributed by atoms with Gasteiger partial charge in [-0.1, -0.05) is 35.3 Å². The van der Waals surface area contributed by atoms with Crippen molar-refractivity contribution >= 4 is 50.5 Å². The topological polar surface area (TPSA) is 78.8 Å². The van der Waals surface area contributed by atoms with Crippen molar-refractivity contribution in [3.63, 3.8) is 0 Å². The standard InChI is InChI=1S/C17H16Cl2FN3O3S/c1-11(12-3-6-14(20)7-4-12)21-22-17(24)10-23(27(2,25)26)16-9-13(18)5-8-15(16)19/h3-9H,10H2,1-2H3,(H,22,24)/b21-11-. The molecule has 2 aromatic rings. The average molecular weight is 432 g/mol. The van der Waals surface area contributed by atoms with Gasteiger partial charge in [0.05, 0.1) is 22.7 Å². The molecule has 144 valence electrons. The van der Waals surface area contributed by atoms with Crippen LogP contribution in [0, 0.1) is 5.82 Å². The van der Waals surface area contributed by atoms with E-state index in [2.05, 4.69) is 10.5 Å². The molecule has 0 aliphatic rings. The zero-order valence-electron chi connectivity index (χ0n) is 14.4. The van der Waals surface area contributed by atoms with Gasteiger partial charge in [-0.3, -0.25) is 9.10 Å². The van der Waals surface area contributed by atoms with E-state index in [0.717, 1.165) is 10.6 Å². The van der Waals surface area contributed by atoms with Crippen molar-refractivity contribution in [2.75, 3.05) is 17.1 Å². The summed E-state index contributed by atoms with van der Waals surface area (Å²) >= 11 is 11.9. The lowest BCUT2D eigenvalue weighted by Gasteiger charge is -2.22.